The average Bonchev–Trinajstić information content (AvgIpc) is 2.16. The van der Waals surface area contributed by atoms with Crippen LogP contribution in [-0.2, 0) is 4.79 Å². The van der Waals surface area contributed by atoms with Crippen LogP contribution < -0.4 is 16.0 Å². The Morgan fingerprint density at radius 1 is 1.21 bits per heavy atom. The zero-order chi connectivity index (χ0) is 11.4. The number of carbonyl (C=O) groups is 1. The molecule has 0 aliphatic heterocycles. The quantitative estimate of drug-likeness (QED) is 0.259. The molecule has 7 heteroatoms. The summed E-state index contributed by atoms with van der Waals surface area (Å²) in [5, 5.41) is 35.4. The van der Waals surface area contributed by atoms with Crippen molar-refractivity contribution in [1.29, 1.82) is 0 Å². The third-order valence-corrected chi connectivity index (χ3v) is 2.12. The SMILES string of the molecule is CNC[C@@](O)(NC)[C@](O)(NC)C(=O)O. The van der Waals surface area contributed by atoms with Gasteiger partial charge in [-0.2, -0.15) is 0 Å². The van der Waals surface area contributed by atoms with E-state index in [1.165, 1.54) is 21.1 Å². The molecule has 14 heavy (non-hydrogen) atoms. The van der Waals surface area contributed by atoms with E-state index in [4.69, 9.17) is 5.11 Å². The van der Waals surface area contributed by atoms with E-state index in [1.54, 1.807) is 0 Å². The molecule has 0 fully saturated rings. The standard InChI is InChI=1S/C7H17N3O4/c1-8-4-6(13,9-2)7(14,10-3)5(11)12/h8-10,13-14H,4H2,1-3H3,(H,11,12)/t6-,7-/m0/s1. The molecule has 84 valence electrons. The van der Waals surface area contributed by atoms with Crippen molar-refractivity contribution in [2.45, 2.75) is 11.4 Å². The molecule has 0 heterocycles. The van der Waals surface area contributed by atoms with Gasteiger partial charge in [0.2, 0.25) is 0 Å². The molecule has 0 amide bonds. The van der Waals surface area contributed by atoms with E-state index in [0.717, 1.165) is 0 Å². The topological polar surface area (TPSA) is 114 Å². The van der Waals surface area contributed by atoms with E-state index in [1.807, 2.05) is 0 Å². The Balaban J connectivity index is 5.03. The van der Waals surface area contributed by atoms with Crippen molar-refractivity contribution in [3.8, 4) is 0 Å². The van der Waals surface area contributed by atoms with Gasteiger partial charge in [0.05, 0.1) is 0 Å². The Bertz CT molecular complexity index is 213. The molecule has 0 saturated carbocycles. The number of likely N-dealkylation sites (N-methyl/N-ethyl adjacent to an activating group) is 3. The highest BCUT2D eigenvalue weighted by atomic mass is 16.4. The molecule has 0 aromatic rings. The van der Waals surface area contributed by atoms with Crippen LogP contribution in [0.4, 0.5) is 0 Å². The Morgan fingerprint density at radius 3 is 1.93 bits per heavy atom. The Hall–Kier alpha value is -0.730. The van der Waals surface area contributed by atoms with E-state index < -0.39 is 17.4 Å². The van der Waals surface area contributed by atoms with Crippen LogP contribution >= 0.6 is 0 Å². The lowest BCUT2D eigenvalue weighted by atomic mass is 9.99. The molecule has 2 atom stereocenters. The summed E-state index contributed by atoms with van der Waals surface area (Å²) < 4.78 is 0. The second-order valence-electron chi connectivity index (χ2n) is 2.91. The summed E-state index contributed by atoms with van der Waals surface area (Å²) in [6.45, 7) is -0.132. The minimum atomic E-state index is -2.45. The van der Waals surface area contributed by atoms with E-state index in [9.17, 15) is 15.0 Å². The second kappa shape index (κ2) is 4.67. The van der Waals surface area contributed by atoms with Gasteiger partial charge in [0.15, 0.2) is 5.72 Å². The summed E-state index contributed by atoms with van der Waals surface area (Å²) in [5.74, 6) is -1.56. The summed E-state index contributed by atoms with van der Waals surface area (Å²) in [6.07, 6.45) is 0. The van der Waals surface area contributed by atoms with Crippen LogP contribution in [0, 0.1) is 0 Å². The first-order valence-corrected chi connectivity index (χ1v) is 4.08. The van der Waals surface area contributed by atoms with E-state index in [2.05, 4.69) is 16.0 Å². The number of aliphatic carboxylic acids is 1. The molecular weight excluding hydrogens is 190 g/mol. The number of carboxylic acid groups (broad SMARTS) is 1. The van der Waals surface area contributed by atoms with Gasteiger partial charge < -0.3 is 20.6 Å². The summed E-state index contributed by atoms with van der Waals surface area (Å²) >= 11 is 0. The molecule has 0 aliphatic carbocycles. The molecule has 0 rings (SSSR count). The summed E-state index contributed by atoms with van der Waals surface area (Å²) in [5.41, 5.74) is -4.45. The molecule has 0 aromatic heterocycles. The number of aliphatic hydroxyl groups is 2. The predicted molar refractivity (Wildman–Crippen MR) is 49.6 cm³/mol. The first-order chi connectivity index (χ1) is 6.38. The molecule has 0 aliphatic rings. The molecule has 0 bridgehead atoms. The second-order valence-corrected chi connectivity index (χ2v) is 2.91. The number of carboxylic acids is 1. The highest BCUT2D eigenvalue weighted by molar-refractivity contribution is 5.78. The minimum absolute atomic E-state index is 0.132. The zero-order valence-corrected chi connectivity index (χ0v) is 8.46. The van der Waals surface area contributed by atoms with Crippen molar-refractivity contribution in [3.63, 3.8) is 0 Å². The van der Waals surface area contributed by atoms with Gasteiger partial charge in [0.1, 0.15) is 0 Å². The largest absolute Gasteiger partial charge is 0.478 e. The molecule has 0 saturated heterocycles. The van der Waals surface area contributed by atoms with Crippen LogP contribution in [0.3, 0.4) is 0 Å². The van der Waals surface area contributed by atoms with Gasteiger partial charge >= 0.3 is 5.97 Å². The maximum absolute atomic E-state index is 10.8. The highest BCUT2D eigenvalue weighted by Gasteiger charge is 2.53. The van der Waals surface area contributed by atoms with Gasteiger partial charge in [-0.15, -0.1) is 0 Å². The van der Waals surface area contributed by atoms with Crippen molar-refractivity contribution < 1.29 is 20.1 Å². The summed E-state index contributed by atoms with van der Waals surface area (Å²) in [4.78, 5) is 10.8. The highest BCUT2D eigenvalue weighted by Crippen LogP contribution is 2.16. The van der Waals surface area contributed by atoms with Crippen LogP contribution in [0.5, 0.6) is 0 Å². The lowest BCUT2D eigenvalue weighted by molar-refractivity contribution is -0.206. The fourth-order valence-electron chi connectivity index (χ4n) is 1.14. The Kier molecular flexibility index (Phi) is 4.43. The van der Waals surface area contributed by atoms with Crippen molar-refractivity contribution in [1.82, 2.24) is 16.0 Å². The van der Waals surface area contributed by atoms with Crippen LogP contribution in [0.1, 0.15) is 0 Å². The van der Waals surface area contributed by atoms with E-state index in [-0.39, 0.29) is 6.54 Å². The molecule has 0 radical (unpaired) electrons. The van der Waals surface area contributed by atoms with Crippen molar-refractivity contribution >= 4 is 5.97 Å². The smallest absolute Gasteiger partial charge is 0.355 e. The van der Waals surface area contributed by atoms with Crippen LogP contribution in [0.25, 0.3) is 0 Å². The number of nitrogens with one attached hydrogen (secondary N) is 3. The van der Waals surface area contributed by atoms with E-state index in [0.29, 0.717) is 0 Å². The van der Waals surface area contributed by atoms with Gasteiger partial charge in [0.25, 0.3) is 5.72 Å². The van der Waals surface area contributed by atoms with Gasteiger partial charge in [-0.3, -0.25) is 10.6 Å². The third kappa shape index (κ3) is 2.02. The normalized spacial score (nSPS) is 19.8. The lowest BCUT2D eigenvalue weighted by Gasteiger charge is -2.39. The average molecular weight is 207 g/mol. The first-order valence-electron chi connectivity index (χ1n) is 4.08. The van der Waals surface area contributed by atoms with Gasteiger partial charge in [-0.05, 0) is 21.1 Å². The predicted octanol–water partition coefficient (Wildman–Crippen LogP) is -2.89. The number of hydrogen-bond acceptors (Lipinski definition) is 6. The number of rotatable bonds is 6. The summed E-state index contributed by atoms with van der Waals surface area (Å²) in [7, 11) is 4.12. The van der Waals surface area contributed by atoms with Gasteiger partial charge in [-0.25, -0.2) is 4.79 Å². The minimum Gasteiger partial charge on any atom is -0.478 e. The molecule has 0 unspecified atom stereocenters. The monoisotopic (exact) mass is 207 g/mol. The summed E-state index contributed by atoms with van der Waals surface area (Å²) in [6, 6.07) is 0. The Morgan fingerprint density at radius 2 is 1.71 bits per heavy atom. The molecule has 7 nitrogen and oxygen atoms in total. The third-order valence-electron chi connectivity index (χ3n) is 2.12. The van der Waals surface area contributed by atoms with E-state index >= 15 is 0 Å². The van der Waals surface area contributed by atoms with Crippen LogP contribution in [-0.4, -0.2) is 60.4 Å². The molecule has 6 N–H and O–H groups in total. The molecule has 0 aromatic carbocycles. The van der Waals surface area contributed by atoms with Crippen LogP contribution in [0.2, 0.25) is 0 Å². The van der Waals surface area contributed by atoms with Crippen molar-refractivity contribution in [3.05, 3.63) is 0 Å². The van der Waals surface area contributed by atoms with Gasteiger partial charge in [0, 0.05) is 6.54 Å². The molecular formula is C7H17N3O4. The lowest BCUT2D eigenvalue weighted by Crippen LogP contribution is -2.75. The Labute approximate surface area is 82.1 Å². The first kappa shape index (κ1) is 13.3. The maximum Gasteiger partial charge on any atom is 0.355 e. The van der Waals surface area contributed by atoms with Crippen molar-refractivity contribution in [2.75, 3.05) is 27.7 Å². The zero-order valence-electron chi connectivity index (χ0n) is 8.46. The molecule has 0 spiro atoms. The number of hydrogen-bond donors (Lipinski definition) is 6. The fraction of sp³-hybridized carbons (Fsp3) is 0.857. The maximum atomic E-state index is 10.8. The van der Waals surface area contributed by atoms with Crippen LogP contribution in [0.15, 0.2) is 0 Å². The van der Waals surface area contributed by atoms with Gasteiger partial charge in [-0.1, -0.05) is 0 Å². The fourth-order valence-corrected chi connectivity index (χ4v) is 1.14. The van der Waals surface area contributed by atoms with Crippen molar-refractivity contribution in [2.24, 2.45) is 0 Å².